The van der Waals surface area contributed by atoms with Crippen LogP contribution in [-0.4, -0.2) is 16.0 Å². The zero-order valence-corrected chi connectivity index (χ0v) is 15.3. The van der Waals surface area contributed by atoms with E-state index in [9.17, 15) is 9.59 Å². The standard InChI is InChI=1S/C19H13Cl2NO2S/c20-15-10-9-14(16(21)11-15)12-22-18(23)17(25-19(22)24)8-4-7-13-5-2-1-3-6-13/h1-11H,12H2/b7-4+,17-8-. The predicted molar refractivity (Wildman–Crippen MR) is 104 cm³/mol. The van der Waals surface area contributed by atoms with Crippen LogP contribution in [-0.2, 0) is 11.3 Å². The minimum Gasteiger partial charge on any atom is -0.268 e. The lowest BCUT2D eigenvalue weighted by molar-refractivity contribution is -0.123. The number of thioether (sulfide) groups is 1. The van der Waals surface area contributed by atoms with E-state index in [1.165, 1.54) is 4.90 Å². The molecule has 0 bridgehead atoms. The molecule has 25 heavy (non-hydrogen) atoms. The first-order valence-electron chi connectivity index (χ1n) is 7.45. The Hall–Kier alpha value is -2.01. The van der Waals surface area contributed by atoms with Crippen molar-refractivity contribution in [3.05, 3.63) is 86.8 Å². The van der Waals surface area contributed by atoms with Crippen LogP contribution < -0.4 is 0 Å². The van der Waals surface area contributed by atoms with E-state index in [2.05, 4.69) is 0 Å². The molecule has 0 spiro atoms. The van der Waals surface area contributed by atoms with Crippen molar-refractivity contribution in [2.75, 3.05) is 0 Å². The van der Waals surface area contributed by atoms with E-state index in [-0.39, 0.29) is 17.7 Å². The first-order chi connectivity index (χ1) is 12.0. The Morgan fingerprint density at radius 3 is 2.52 bits per heavy atom. The summed E-state index contributed by atoms with van der Waals surface area (Å²) in [6.45, 7) is 0.125. The van der Waals surface area contributed by atoms with Crippen LogP contribution in [0.5, 0.6) is 0 Å². The number of allylic oxidation sites excluding steroid dienone is 2. The molecular formula is C19H13Cl2NO2S. The van der Waals surface area contributed by atoms with Crippen LogP contribution in [0.2, 0.25) is 10.0 Å². The Balaban J connectivity index is 1.73. The molecular weight excluding hydrogens is 377 g/mol. The topological polar surface area (TPSA) is 37.4 Å². The summed E-state index contributed by atoms with van der Waals surface area (Å²) in [6, 6.07) is 14.7. The maximum Gasteiger partial charge on any atom is 0.293 e. The third-order valence-corrected chi connectivity index (χ3v) is 5.07. The number of halogens is 2. The highest BCUT2D eigenvalue weighted by atomic mass is 35.5. The van der Waals surface area contributed by atoms with Gasteiger partial charge in [0.25, 0.3) is 11.1 Å². The van der Waals surface area contributed by atoms with Gasteiger partial charge in [0, 0.05) is 10.0 Å². The number of benzene rings is 2. The maximum absolute atomic E-state index is 12.5. The van der Waals surface area contributed by atoms with Crippen molar-refractivity contribution in [3.63, 3.8) is 0 Å². The van der Waals surface area contributed by atoms with E-state index in [0.29, 0.717) is 20.5 Å². The molecule has 1 aliphatic heterocycles. The molecule has 0 aliphatic carbocycles. The van der Waals surface area contributed by atoms with Gasteiger partial charge in [0.1, 0.15) is 0 Å². The van der Waals surface area contributed by atoms with Gasteiger partial charge in [0.15, 0.2) is 0 Å². The lowest BCUT2D eigenvalue weighted by Crippen LogP contribution is -2.27. The molecule has 0 saturated carbocycles. The summed E-state index contributed by atoms with van der Waals surface area (Å²) < 4.78 is 0. The Morgan fingerprint density at radius 2 is 1.80 bits per heavy atom. The molecule has 126 valence electrons. The van der Waals surface area contributed by atoms with Gasteiger partial charge in [-0.05, 0) is 41.1 Å². The minimum atomic E-state index is -0.321. The average Bonchev–Trinajstić information content (AvgIpc) is 2.86. The zero-order valence-electron chi connectivity index (χ0n) is 13.0. The van der Waals surface area contributed by atoms with Crippen LogP contribution in [0, 0.1) is 0 Å². The van der Waals surface area contributed by atoms with Gasteiger partial charge in [-0.15, -0.1) is 0 Å². The van der Waals surface area contributed by atoms with Crippen LogP contribution >= 0.6 is 35.0 Å². The molecule has 6 heteroatoms. The van der Waals surface area contributed by atoms with E-state index in [1.54, 1.807) is 30.4 Å². The molecule has 1 aliphatic rings. The van der Waals surface area contributed by atoms with E-state index < -0.39 is 0 Å². The van der Waals surface area contributed by atoms with E-state index in [0.717, 1.165) is 17.3 Å². The number of amides is 2. The maximum atomic E-state index is 12.5. The third kappa shape index (κ3) is 4.34. The monoisotopic (exact) mass is 389 g/mol. The third-order valence-electron chi connectivity index (χ3n) is 3.55. The Morgan fingerprint density at radius 1 is 1.04 bits per heavy atom. The van der Waals surface area contributed by atoms with Crippen molar-refractivity contribution in [1.29, 1.82) is 0 Å². The SMILES string of the molecule is O=C1S/C(=C\C=C\c2ccccc2)C(=O)N1Cc1ccc(Cl)cc1Cl. The molecule has 2 aromatic rings. The Labute approximate surface area is 159 Å². The molecule has 2 amide bonds. The fourth-order valence-electron chi connectivity index (χ4n) is 2.28. The van der Waals surface area contributed by atoms with Crippen LogP contribution in [0.4, 0.5) is 4.79 Å². The molecule has 1 fully saturated rings. The van der Waals surface area contributed by atoms with Crippen molar-refractivity contribution in [1.82, 2.24) is 4.90 Å². The molecule has 0 aromatic heterocycles. The number of carbonyl (C=O) groups excluding carboxylic acids is 2. The normalized spacial score (nSPS) is 16.4. The van der Waals surface area contributed by atoms with Crippen molar-refractivity contribution in [2.24, 2.45) is 0 Å². The van der Waals surface area contributed by atoms with Gasteiger partial charge in [-0.1, -0.05) is 71.8 Å². The smallest absolute Gasteiger partial charge is 0.268 e. The lowest BCUT2D eigenvalue weighted by atomic mass is 10.2. The second-order valence-electron chi connectivity index (χ2n) is 5.30. The number of hydrogen-bond acceptors (Lipinski definition) is 3. The van der Waals surface area contributed by atoms with E-state index >= 15 is 0 Å². The largest absolute Gasteiger partial charge is 0.293 e. The van der Waals surface area contributed by atoms with Gasteiger partial charge >= 0.3 is 0 Å². The van der Waals surface area contributed by atoms with Crippen LogP contribution in [0.25, 0.3) is 6.08 Å². The number of nitrogens with zero attached hydrogens (tertiary/aromatic N) is 1. The zero-order chi connectivity index (χ0) is 17.8. The predicted octanol–water partition coefficient (Wildman–Crippen LogP) is 5.79. The highest BCUT2D eigenvalue weighted by Gasteiger charge is 2.34. The Kier molecular flexibility index (Phi) is 5.63. The lowest BCUT2D eigenvalue weighted by Gasteiger charge is -2.13. The summed E-state index contributed by atoms with van der Waals surface area (Å²) in [5.74, 6) is -0.321. The van der Waals surface area contributed by atoms with Gasteiger partial charge in [0.05, 0.1) is 11.4 Å². The second-order valence-corrected chi connectivity index (χ2v) is 7.13. The van der Waals surface area contributed by atoms with Gasteiger partial charge in [-0.25, -0.2) is 0 Å². The van der Waals surface area contributed by atoms with Crippen molar-refractivity contribution in [2.45, 2.75) is 6.54 Å². The molecule has 0 N–H and O–H groups in total. The molecule has 1 saturated heterocycles. The summed E-state index contributed by atoms with van der Waals surface area (Å²) in [5.41, 5.74) is 1.69. The van der Waals surface area contributed by atoms with Gasteiger partial charge < -0.3 is 0 Å². The average molecular weight is 390 g/mol. The first kappa shape index (κ1) is 17.8. The number of rotatable bonds is 4. The van der Waals surface area contributed by atoms with Crippen molar-refractivity contribution < 1.29 is 9.59 Å². The molecule has 1 heterocycles. The summed E-state index contributed by atoms with van der Waals surface area (Å²) in [4.78, 5) is 26.2. The minimum absolute atomic E-state index is 0.125. The van der Waals surface area contributed by atoms with Crippen molar-refractivity contribution >= 4 is 52.2 Å². The van der Waals surface area contributed by atoms with Crippen LogP contribution in [0.15, 0.2) is 65.6 Å². The first-order valence-corrected chi connectivity index (χ1v) is 9.03. The summed E-state index contributed by atoms with van der Waals surface area (Å²) in [7, 11) is 0. The van der Waals surface area contributed by atoms with E-state index in [4.69, 9.17) is 23.2 Å². The van der Waals surface area contributed by atoms with Crippen LogP contribution in [0.3, 0.4) is 0 Å². The molecule has 0 unspecified atom stereocenters. The molecule has 0 atom stereocenters. The second kappa shape index (κ2) is 7.91. The highest BCUT2D eigenvalue weighted by Crippen LogP contribution is 2.33. The highest BCUT2D eigenvalue weighted by molar-refractivity contribution is 8.18. The number of hydrogen-bond donors (Lipinski definition) is 0. The fraction of sp³-hybridized carbons (Fsp3) is 0.0526. The van der Waals surface area contributed by atoms with Crippen molar-refractivity contribution in [3.8, 4) is 0 Å². The van der Waals surface area contributed by atoms with Crippen LogP contribution in [0.1, 0.15) is 11.1 Å². The summed E-state index contributed by atoms with van der Waals surface area (Å²) in [6.07, 6.45) is 5.30. The number of imide groups is 1. The van der Waals surface area contributed by atoms with Gasteiger partial charge in [-0.3, -0.25) is 14.5 Å². The van der Waals surface area contributed by atoms with E-state index in [1.807, 2.05) is 36.4 Å². The Bertz CT molecular complexity index is 878. The molecule has 0 radical (unpaired) electrons. The summed E-state index contributed by atoms with van der Waals surface area (Å²) in [5, 5.41) is 0.628. The fourth-order valence-corrected chi connectivity index (χ4v) is 3.54. The quantitative estimate of drug-likeness (QED) is 0.621. The van der Waals surface area contributed by atoms with Gasteiger partial charge in [-0.2, -0.15) is 0 Å². The number of carbonyl (C=O) groups is 2. The summed E-state index contributed by atoms with van der Waals surface area (Å²) >= 11 is 12.9. The molecule has 2 aromatic carbocycles. The molecule has 3 nitrogen and oxygen atoms in total. The molecule has 3 rings (SSSR count). The van der Waals surface area contributed by atoms with Gasteiger partial charge in [0.2, 0.25) is 0 Å².